The Kier molecular flexibility index (Phi) is 5.00. The number of carbonyl (C=O) groups excluding carboxylic acids is 1. The fourth-order valence-electron chi connectivity index (χ4n) is 1.31. The minimum absolute atomic E-state index is 0.0870. The molecule has 0 heterocycles. The van der Waals surface area contributed by atoms with Crippen LogP contribution in [0, 0.1) is 0 Å². The van der Waals surface area contributed by atoms with Crippen LogP contribution >= 0.6 is 15.9 Å². The number of halogens is 1. The first-order valence-corrected chi connectivity index (χ1v) is 6.72. The minimum atomic E-state index is -0.265. The molecule has 0 aliphatic heterocycles. The maximum Gasteiger partial charge on any atom is 0.251 e. The minimum Gasteiger partial charge on any atom is -0.494 e. The van der Waals surface area contributed by atoms with Crippen LogP contribution < -0.4 is 10.1 Å². The Balaban J connectivity index is 2.78. The number of hydrogen-bond donors (Lipinski definition) is 1. The monoisotopic (exact) mass is 299 g/mol. The standard InChI is InChI=1S/C13H18BrNO2/c1-4-17-11-7-5-6-10(8-11)12(16)15-13(2,3)9-14/h5-8H,4,9H2,1-3H3,(H,15,16). The van der Waals surface area contributed by atoms with Crippen LogP contribution in [0.15, 0.2) is 24.3 Å². The molecule has 4 heteroatoms. The van der Waals surface area contributed by atoms with Crippen LogP contribution in [0.1, 0.15) is 31.1 Å². The van der Waals surface area contributed by atoms with Crippen LogP contribution in [-0.2, 0) is 0 Å². The van der Waals surface area contributed by atoms with Crippen molar-refractivity contribution in [1.82, 2.24) is 5.32 Å². The van der Waals surface area contributed by atoms with Gasteiger partial charge < -0.3 is 10.1 Å². The second kappa shape index (κ2) is 6.05. The van der Waals surface area contributed by atoms with Gasteiger partial charge in [-0.25, -0.2) is 0 Å². The first-order valence-electron chi connectivity index (χ1n) is 5.60. The van der Waals surface area contributed by atoms with Crippen LogP contribution in [0.5, 0.6) is 5.75 Å². The number of nitrogens with one attached hydrogen (secondary N) is 1. The van der Waals surface area contributed by atoms with E-state index in [0.29, 0.717) is 17.5 Å². The first kappa shape index (κ1) is 14.0. The highest BCUT2D eigenvalue weighted by Gasteiger charge is 2.19. The number of rotatable bonds is 5. The van der Waals surface area contributed by atoms with Gasteiger partial charge in [0.25, 0.3) is 5.91 Å². The van der Waals surface area contributed by atoms with E-state index in [2.05, 4.69) is 21.2 Å². The van der Waals surface area contributed by atoms with Gasteiger partial charge in [0.1, 0.15) is 5.75 Å². The van der Waals surface area contributed by atoms with Crippen LogP contribution in [-0.4, -0.2) is 23.4 Å². The van der Waals surface area contributed by atoms with Crippen LogP contribution in [0.3, 0.4) is 0 Å². The predicted molar refractivity (Wildman–Crippen MR) is 73.0 cm³/mol. The lowest BCUT2D eigenvalue weighted by molar-refractivity contribution is 0.0921. The molecule has 0 spiro atoms. The zero-order valence-corrected chi connectivity index (χ0v) is 12.0. The van der Waals surface area contributed by atoms with Crippen molar-refractivity contribution in [3.8, 4) is 5.75 Å². The number of carbonyl (C=O) groups is 1. The van der Waals surface area contributed by atoms with E-state index < -0.39 is 0 Å². The van der Waals surface area contributed by atoms with Crippen LogP contribution in [0.4, 0.5) is 0 Å². The second-order valence-electron chi connectivity index (χ2n) is 4.43. The summed E-state index contributed by atoms with van der Waals surface area (Å²) in [5, 5.41) is 3.66. The molecule has 0 aliphatic rings. The lowest BCUT2D eigenvalue weighted by Crippen LogP contribution is -2.44. The Morgan fingerprint density at radius 1 is 1.47 bits per heavy atom. The predicted octanol–water partition coefficient (Wildman–Crippen LogP) is 2.99. The maximum atomic E-state index is 12.0. The Morgan fingerprint density at radius 3 is 2.76 bits per heavy atom. The molecule has 1 N–H and O–H groups in total. The van der Waals surface area contributed by atoms with Crippen molar-refractivity contribution in [1.29, 1.82) is 0 Å². The summed E-state index contributed by atoms with van der Waals surface area (Å²) in [6.07, 6.45) is 0. The molecule has 3 nitrogen and oxygen atoms in total. The molecule has 0 saturated carbocycles. The normalized spacial score (nSPS) is 11.1. The van der Waals surface area contributed by atoms with Crippen molar-refractivity contribution in [2.45, 2.75) is 26.3 Å². The summed E-state index contributed by atoms with van der Waals surface area (Å²) in [7, 11) is 0. The van der Waals surface area contributed by atoms with Gasteiger partial charge in [0.05, 0.1) is 6.61 Å². The second-order valence-corrected chi connectivity index (χ2v) is 4.99. The lowest BCUT2D eigenvalue weighted by Gasteiger charge is -2.23. The van der Waals surface area contributed by atoms with Crippen molar-refractivity contribution in [2.75, 3.05) is 11.9 Å². The van der Waals surface area contributed by atoms with Gasteiger partial charge in [0.15, 0.2) is 0 Å². The average Bonchev–Trinajstić information content (AvgIpc) is 2.29. The molecule has 0 fully saturated rings. The molecule has 0 unspecified atom stereocenters. The Labute approximate surface area is 111 Å². The summed E-state index contributed by atoms with van der Waals surface area (Å²) < 4.78 is 5.36. The number of amides is 1. The van der Waals surface area contributed by atoms with E-state index in [0.717, 1.165) is 5.75 Å². The fourth-order valence-corrected chi connectivity index (χ4v) is 1.45. The van der Waals surface area contributed by atoms with E-state index in [1.165, 1.54) is 0 Å². The van der Waals surface area contributed by atoms with Crippen molar-refractivity contribution in [2.24, 2.45) is 0 Å². The molecule has 0 bridgehead atoms. The van der Waals surface area contributed by atoms with Crippen LogP contribution in [0.2, 0.25) is 0 Å². The molecular weight excluding hydrogens is 282 g/mol. The fraction of sp³-hybridized carbons (Fsp3) is 0.462. The molecule has 1 amide bonds. The van der Waals surface area contributed by atoms with E-state index in [4.69, 9.17) is 4.74 Å². The topological polar surface area (TPSA) is 38.3 Å². The Hall–Kier alpha value is -1.03. The smallest absolute Gasteiger partial charge is 0.251 e. The zero-order chi connectivity index (χ0) is 12.9. The molecule has 0 atom stereocenters. The summed E-state index contributed by atoms with van der Waals surface area (Å²) >= 11 is 3.37. The molecule has 1 rings (SSSR count). The summed E-state index contributed by atoms with van der Waals surface area (Å²) in [5.74, 6) is 0.632. The van der Waals surface area contributed by atoms with Crippen molar-refractivity contribution in [3.05, 3.63) is 29.8 Å². The van der Waals surface area contributed by atoms with Gasteiger partial charge in [0, 0.05) is 16.4 Å². The highest BCUT2D eigenvalue weighted by atomic mass is 79.9. The van der Waals surface area contributed by atoms with Gasteiger partial charge in [-0.2, -0.15) is 0 Å². The maximum absolute atomic E-state index is 12.0. The summed E-state index contributed by atoms with van der Waals surface area (Å²) in [6, 6.07) is 7.20. The molecule has 0 aliphatic carbocycles. The number of alkyl halides is 1. The largest absolute Gasteiger partial charge is 0.494 e. The van der Waals surface area contributed by atoms with Crippen molar-refractivity contribution in [3.63, 3.8) is 0 Å². The van der Waals surface area contributed by atoms with Gasteiger partial charge in [-0.3, -0.25) is 4.79 Å². The van der Waals surface area contributed by atoms with Gasteiger partial charge in [0.2, 0.25) is 0 Å². The molecule has 1 aromatic carbocycles. The SMILES string of the molecule is CCOc1cccc(C(=O)NC(C)(C)CBr)c1. The van der Waals surface area contributed by atoms with E-state index in [-0.39, 0.29) is 11.4 Å². The lowest BCUT2D eigenvalue weighted by atomic mass is 10.1. The Morgan fingerprint density at radius 2 is 2.18 bits per heavy atom. The van der Waals surface area contributed by atoms with Gasteiger partial charge in [-0.15, -0.1) is 0 Å². The van der Waals surface area contributed by atoms with Crippen molar-refractivity contribution >= 4 is 21.8 Å². The van der Waals surface area contributed by atoms with Gasteiger partial charge >= 0.3 is 0 Å². The third-order valence-corrected chi connectivity index (χ3v) is 3.60. The zero-order valence-electron chi connectivity index (χ0n) is 10.4. The average molecular weight is 300 g/mol. The molecule has 17 heavy (non-hydrogen) atoms. The summed E-state index contributed by atoms with van der Waals surface area (Å²) in [5.41, 5.74) is 0.351. The summed E-state index contributed by atoms with van der Waals surface area (Å²) in [4.78, 5) is 12.0. The number of benzene rings is 1. The summed E-state index contributed by atoms with van der Waals surface area (Å²) in [6.45, 7) is 6.44. The molecule has 0 saturated heterocycles. The third-order valence-electron chi connectivity index (χ3n) is 2.19. The third kappa shape index (κ3) is 4.38. The van der Waals surface area contributed by atoms with Crippen molar-refractivity contribution < 1.29 is 9.53 Å². The molecule has 94 valence electrons. The molecule has 0 radical (unpaired) electrons. The van der Waals surface area contributed by atoms with Gasteiger partial charge in [-0.05, 0) is 39.0 Å². The Bertz CT molecular complexity index is 391. The number of hydrogen-bond acceptors (Lipinski definition) is 2. The molecule has 1 aromatic rings. The quantitative estimate of drug-likeness (QED) is 0.849. The first-order chi connectivity index (χ1) is 7.98. The molecule has 0 aromatic heterocycles. The van der Waals surface area contributed by atoms with Gasteiger partial charge in [-0.1, -0.05) is 22.0 Å². The van der Waals surface area contributed by atoms with Crippen LogP contribution in [0.25, 0.3) is 0 Å². The van der Waals surface area contributed by atoms with E-state index in [1.807, 2.05) is 32.9 Å². The van der Waals surface area contributed by atoms with E-state index in [9.17, 15) is 4.79 Å². The number of ether oxygens (including phenoxy) is 1. The van der Waals surface area contributed by atoms with E-state index >= 15 is 0 Å². The van der Waals surface area contributed by atoms with E-state index in [1.54, 1.807) is 12.1 Å². The highest BCUT2D eigenvalue weighted by molar-refractivity contribution is 9.09. The highest BCUT2D eigenvalue weighted by Crippen LogP contribution is 2.14. The molecular formula is C13H18BrNO2.